The van der Waals surface area contributed by atoms with E-state index in [-0.39, 0.29) is 22.9 Å². The van der Waals surface area contributed by atoms with E-state index < -0.39 is 47.6 Å². The minimum Gasteiger partial charge on any atom is -0.471 e. The second-order valence-electron chi connectivity index (χ2n) is 7.14. The summed E-state index contributed by atoms with van der Waals surface area (Å²) in [6, 6.07) is 7.81. The van der Waals surface area contributed by atoms with Gasteiger partial charge in [-0.2, -0.15) is 9.65 Å². The molecule has 0 radical (unpaired) electrons. The standard InChI is InChI=1S/C22H20FN3O7S/c1-11(27)30-18-10-34-22(20(32-13(3)29)19(18)31-12(2)28)33-17-7-6-16(26-21(17)23)14-4-5-15(8-24)25-9-14/h4-7,9,18-20,22H,10H2,1-3H3/t18-,19+,20-,22+/m1/s1. The Balaban J connectivity index is 1.85. The summed E-state index contributed by atoms with van der Waals surface area (Å²) in [6.45, 7) is 3.52. The molecule has 4 atom stereocenters. The fraction of sp³-hybridized carbons (Fsp3) is 0.364. The molecule has 2 aromatic heterocycles. The van der Waals surface area contributed by atoms with Gasteiger partial charge in [0.25, 0.3) is 5.95 Å². The highest BCUT2D eigenvalue weighted by atomic mass is 32.2. The van der Waals surface area contributed by atoms with Gasteiger partial charge in [-0.1, -0.05) is 0 Å². The van der Waals surface area contributed by atoms with Crippen molar-refractivity contribution in [1.29, 1.82) is 5.26 Å². The van der Waals surface area contributed by atoms with Gasteiger partial charge in [-0.05, 0) is 24.3 Å². The number of nitrogens with zero attached hydrogens (tertiary/aromatic N) is 3. The summed E-state index contributed by atoms with van der Waals surface area (Å²) in [5.41, 5.74) is -0.0148. The molecule has 3 heterocycles. The summed E-state index contributed by atoms with van der Waals surface area (Å²) >= 11 is 1.10. The SMILES string of the molecule is CC(=O)O[C@@H]1[C@@H](OC(C)=O)[C@@H](Oc2ccc(-c3ccc(C#N)nc3)nc2F)SC[C@H]1OC(C)=O. The van der Waals surface area contributed by atoms with Crippen LogP contribution in [0.2, 0.25) is 0 Å². The third kappa shape index (κ3) is 6.20. The van der Waals surface area contributed by atoms with Gasteiger partial charge in [0.2, 0.25) is 0 Å². The fourth-order valence-corrected chi connectivity index (χ4v) is 4.43. The molecule has 3 rings (SSSR count). The molecule has 12 heteroatoms. The van der Waals surface area contributed by atoms with Crippen LogP contribution in [0.4, 0.5) is 4.39 Å². The minimum atomic E-state index is -1.19. The second-order valence-corrected chi connectivity index (χ2v) is 8.28. The smallest absolute Gasteiger partial charge is 0.303 e. The molecular weight excluding hydrogens is 469 g/mol. The molecular formula is C22H20FN3O7S. The molecule has 1 fully saturated rings. The van der Waals surface area contributed by atoms with Crippen LogP contribution in [-0.2, 0) is 28.6 Å². The van der Waals surface area contributed by atoms with Gasteiger partial charge in [0.1, 0.15) is 11.8 Å². The first-order valence-electron chi connectivity index (χ1n) is 10.0. The maximum absolute atomic E-state index is 14.8. The van der Waals surface area contributed by atoms with Crippen LogP contribution in [0.25, 0.3) is 11.3 Å². The Hall–Kier alpha value is -3.72. The Labute approximate surface area is 198 Å². The Morgan fingerprint density at radius 1 is 1.03 bits per heavy atom. The van der Waals surface area contributed by atoms with Crippen molar-refractivity contribution in [2.75, 3.05) is 5.75 Å². The van der Waals surface area contributed by atoms with E-state index in [4.69, 9.17) is 24.2 Å². The number of halogens is 1. The molecule has 178 valence electrons. The fourth-order valence-electron chi connectivity index (χ4n) is 3.22. The van der Waals surface area contributed by atoms with Crippen molar-refractivity contribution in [2.45, 2.75) is 44.5 Å². The molecule has 1 aliphatic heterocycles. The van der Waals surface area contributed by atoms with Crippen molar-refractivity contribution in [3.63, 3.8) is 0 Å². The van der Waals surface area contributed by atoms with Crippen LogP contribution < -0.4 is 4.74 Å². The number of aromatic nitrogens is 2. The second kappa shape index (κ2) is 10.9. The first-order valence-corrected chi connectivity index (χ1v) is 11.1. The number of rotatable bonds is 6. The number of ether oxygens (including phenoxy) is 4. The molecule has 0 amide bonds. The zero-order valence-electron chi connectivity index (χ0n) is 18.4. The molecule has 0 bridgehead atoms. The maximum Gasteiger partial charge on any atom is 0.303 e. The summed E-state index contributed by atoms with van der Waals surface area (Å²) in [5.74, 6) is -3.00. The van der Waals surface area contributed by atoms with Gasteiger partial charge in [-0.3, -0.25) is 14.4 Å². The number of nitriles is 1. The van der Waals surface area contributed by atoms with Crippen molar-refractivity contribution in [1.82, 2.24) is 9.97 Å². The Morgan fingerprint density at radius 2 is 1.71 bits per heavy atom. The highest BCUT2D eigenvalue weighted by Gasteiger charge is 2.48. The maximum atomic E-state index is 14.8. The number of esters is 3. The van der Waals surface area contributed by atoms with Crippen LogP contribution in [0.15, 0.2) is 30.5 Å². The molecule has 10 nitrogen and oxygen atoms in total. The lowest BCUT2D eigenvalue weighted by Gasteiger charge is -2.39. The van der Waals surface area contributed by atoms with E-state index in [1.54, 1.807) is 6.07 Å². The van der Waals surface area contributed by atoms with E-state index >= 15 is 0 Å². The van der Waals surface area contributed by atoms with Gasteiger partial charge in [0, 0.05) is 38.3 Å². The summed E-state index contributed by atoms with van der Waals surface area (Å²) < 4.78 is 36.4. The summed E-state index contributed by atoms with van der Waals surface area (Å²) in [4.78, 5) is 42.7. The van der Waals surface area contributed by atoms with Crippen LogP contribution in [0.3, 0.4) is 0 Å². The number of carbonyl (C=O) groups is 3. The molecule has 0 aliphatic carbocycles. The molecule has 0 unspecified atom stereocenters. The largest absolute Gasteiger partial charge is 0.471 e. The predicted molar refractivity (Wildman–Crippen MR) is 116 cm³/mol. The number of thioether (sulfide) groups is 1. The Bertz CT molecular complexity index is 1120. The summed E-state index contributed by atoms with van der Waals surface area (Å²) in [7, 11) is 0. The van der Waals surface area contributed by atoms with E-state index in [0.717, 1.165) is 25.6 Å². The number of hydrogen-bond donors (Lipinski definition) is 0. The third-order valence-electron chi connectivity index (χ3n) is 4.54. The van der Waals surface area contributed by atoms with E-state index in [0.29, 0.717) is 5.56 Å². The van der Waals surface area contributed by atoms with Crippen molar-refractivity contribution in [2.24, 2.45) is 0 Å². The van der Waals surface area contributed by atoms with E-state index in [1.165, 1.54) is 31.3 Å². The topological polar surface area (TPSA) is 138 Å². The van der Waals surface area contributed by atoms with Crippen LogP contribution in [0, 0.1) is 17.3 Å². The lowest BCUT2D eigenvalue weighted by atomic mass is 10.1. The van der Waals surface area contributed by atoms with Crippen molar-refractivity contribution >= 4 is 29.7 Å². The first-order chi connectivity index (χ1) is 16.2. The number of hydrogen-bond acceptors (Lipinski definition) is 11. The van der Waals surface area contributed by atoms with Gasteiger partial charge in [-0.15, -0.1) is 11.8 Å². The molecule has 1 aliphatic rings. The lowest BCUT2D eigenvalue weighted by Crippen LogP contribution is -2.55. The Morgan fingerprint density at radius 3 is 2.26 bits per heavy atom. The van der Waals surface area contributed by atoms with Crippen LogP contribution in [0.1, 0.15) is 26.5 Å². The first kappa shape index (κ1) is 24.9. The molecule has 1 saturated heterocycles. The molecule has 34 heavy (non-hydrogen) atoms. The number of pyridine rings is 2. The van der Waals surface area contributed by atoms with E-state index in [9.17, 15) is 18.8 Å². The molecule has 0 spiro atoms. The molecule has 0 saturated carbocycles. The van der Waals surface area contributed by atoms with Gasteiger partial charge in [0.05, 0.1) is 5.69 Å². The van der Waals surface area contributed by atoms with E-state index in [2.05, 4.69) is 9.97 Å². The van der Waals surface area contributed by atoms with Crippen LogP contribution in [0.5, 0.6) is 5.75 Å². The average molecular weight is 489 g/mol. The van der Waals surface area contributed by atoms with Crippen LogP contribution >= 0.6 is 11.8 Å². The molecule has 0 N–H and O–H groups in total. The minimum absolute atomic E-state index is 0.143. The quantitative estimate of drug-likeness (QED) is 0.336. The zero-order valence-corrected chi connectivity index (χ0v) is 19.2. The lowest BCUT2D eigenvalue weighted by molar-refractivity contribution is -0.186. The van der Waals surface area contributed by atoms with Gasteiger partial charge in [0.15, 0.2) is 29.5 Å². The van der Waals surface area contributed by atoms with Crippen LogP contribution in [-0.4, -0.2) is 57.4 Å². The summed E-state index contributed by atoms with van der Waals surface area (Å²) in [6.07, 6.45) is -1.85. The summed E-state index contributed by atoms with van der Waals surface area (Å²) in [5, 5.41) is 8.85. The zero-order chi connectivity index (χ0) is 24.8. The normalized spacial score (nSPS) is 21.6. The van der Waals surface area contributed by atoms with E-state index in [1.807, 2.05) is 6.07 Å². The molecule has 2 aromatic rings. The van der Waals surface area contributed by atoms with Gasteiger partial charge >= 0.3 is 17.9 Å². The predicted octanol–water partition coefficient (Wildman–Crippen LogP) is 2.40. The highest BCUT2D eigenvalue weighted by molar-refractivity contribution is 7.99. The monoisotopic (exact) mass is 489 g/mol. The number of carbonyl (C=O) groups excluding carboxylic acids is 3. The molecule has 0 aromatic carbocycles. The highest BCUT2D eigenvalue weighted by Crippen LogP contribution is 2.35. The Kier molecular flexibility index (Phi) is 8.01. The van der Waals surface area contributed by atoms with Crippen molar-refractivity contribution < 1.29 is 37.7 Å². The van der Waals surface area contributed by atoms with Gasteiger partial charge < -0.3 is 18.9 Å². The van der Waals surface area contributed by atoms with Crippen molar-refractivity contribution in [3.8, 4) is 23.1 Å². The van der Waals surface area contributed by atoms with Crippen molar-refractivity contribution in [3.05, 3.63) is 42.1 Å². The van der Waals surface area contributed by atoms with Gasteiger partial charge in [-0.25, -0.2) is 9.97 Å². The third-order valence-corrected chi connectivity index (χ3v) is 5.75. The average Bonchev–Trinajstić information content (AvgIpc) is 2.78.